The van der Waals surface area contributed by atoms with Crippen LogP contribution in [-0.2, 0) is 32.3 Å². The van der Waals surface area contributed by atoms with E-state index in [0.29, 0.717) is 29.8 Å². The molecule has 6 nitrogen and oxygen atoms in total. The van der Waals surface area contributed by atoms with Crippen LogP contribution in [0, 0.1) is 0 Å². The molecule has 1 spiro atoms. The molecule has 4 rings (SSSR count). The summed E-state index contributed by atoms with van der Waals surface area (Å²) in [7, 11) is -3.69. The fraction of sp³-hybridized carbons (Fsp3) is 0.381. The molecule has 29 heavy (non-hydrogen) atoms. The van der Waals surface area contributed by atoms with Crippen molar-refractivity contribution in [3.8, 4) is 0 Å². The topological polar surface area (TPSA) is 93.8 Å². The smallest absolute Gasteiger partial charge is 0.261 e. The number of rotatable bonds is 3. The maximum Gasteiger partial charge on any atom is 0.261 e. The van der Waals surface area contributed by atoms with Gasteiger partial charge in [0.15, 0.2) is 5.17 Å². The maximum absolute atomic E-state index is 12.9. The highest BCUT2D eigenvalue weighted by Gasteiger charge is 2.41. The lowest BCUT2D eigenvalue weighted by Crippen LogP contribution is -2.35. The third kappa shape index (κ3) is 3.89. The predicted octanol–water partition coefficient (Wildman–Crippen LogP) is 3.57. The number of anilines is 1. The molecule has 1 atom stereocenters. The summed E-state index contributed by atoms with van der Waals surface area (Å²) in [6.07, 6.45) is 0. The number of hydrogen-bond acceptors (Lipinski definition) is 6. The molecule has 0 bridgehead atoms. The van der Waals surface area contributed by atoms with E-state index in [4.69, 9.17) is 10.5 Å². The second-order valence-electron chi connectivity index (χ2n) is 8.51. The Kier molecular flexibility index (Phi) is 4.91. The van der Waals surface area contributed by atoms with Crippen molar-refractivity contribution in [2.75, 3.05) is 17.1 Å². The van der Waals surface area contributed by atoms with Crippen LogP contribution in [0.1, 0.15) is 37.5 Å². The molecule has 0 saturated carbocycles. The number of fused-ring (bicyclic) bond motifs is 2. The molecule has 0 aromatic heterocycles. The van der Waals surface area contributed by atoms with Gasteiger partial charge in [-0.1, -0.05) is 50.7 Å². The zero-order chi connectivity index (χ0) is 20.9. The van der Waals surface area contributed by atoms with Crippen molar-refractivity contribution in [3.05, 3.63) is 59.2 Å². The first-order valence-corrected chi connectivity index (χ1v) is 11.9. The Labute approximate surface area is 176 Å². The molecular formula is C21H25N3O3S2. The van der Waals surface area contributed by atoms with Crippen LogP contribution in [0.15, 0.2) is 52.4 Å². The number of aliphatic imine (C=N–C) groups is 1. The normalized spacial score (nSPS) is 21.7. The van der Waals surface area contributed by atoms with E-state index in [0.717, 1.165) is 16.7 Å². The lowest BCUT2D eigenvalue weighted by atomic mass is 9.87. The fourth-order valence-corrected chi connectivity index (χ4v) is 5.61. The first kappa shape index (κ1) is 20.3. The Hall–Kier alpha value is -2.03. The molecule has 2 heterocycles. The fourth-order valence-electron chi connectivity index (χ4n) is 3.64. The summed E-state index contributed by atoms with van der Waals surface area (Å²) in [5.41, 5.74) is 8.90. The average Bonchev–Trinajstić information content (AvgIpc) is 3.03. The van der Waals surface area contributed by atoms with E-state index < -0.39 is 15.6 Å². The van der Waals surface area contributed by atoms with Crippen LogP contribution in [0.2, 0.25) is 0 Å². The van der Waals surface area contributed by atoms with Gasteiger partial charge in [-0.3, -0.25) is 4.72 Å². The molecule has 0 fully saturated rings. The van der Waals surface area contributed by atoms with E-state index >= 15 is 0 Å². The first-order valence-electron chi connectivity index (χ1n) is 9.42. The number of thioether (sulfide) groups is 1. The number of ether oxygens (including phenoxy) is 1. The Bertz CT molecular complexity index is 1070. The lowest BCUT2D eigenvalue weighted by molar-refractivity contribution is 0.0634. The number of nitrogens with zero attached hydrogens (tertiary/aromatic N) is 1. The molecule has 0 amide bonds. The predicted molar refractivity (Wildman–Crippen MR) is 118 cm³/mol. The quantitative estimate of drug-likeness (QED) is 0.775. The van der Waals surface area contributed by atoms with Gasteiger partial charge in [-0.25, -0.2) is 13.4 Å². The summed E-state index contributed by atoms with van der Waals surface area (Å²) in [5.74, 6) is 0.691. The van der Waals surface area contributed by atoms with Gasteiger partial charge in [-0.2, -0.15) is 0 Å². The van der Waals surface area contributed by atoms with Crippen molar-refractivity contribution in [3.63, 3.8) is 0 Å². The van der Waals surface area contributed by atoms with E-state index in [2.05, 4.69) is 30.5 Å². The Morgan fingerprint density at radius 3 is 2.52 bits per heavy atom. The summed E-state index contributed by atoms with van der Waals surface area (Å²) in [5, 5.41) is 0.534. The third-order valence-electron chi connectivity index (χ3n) is 5.28. The van der Waals surface area contributed by atoms with E-state index in [1.54, 1.807) is 18.2 Å². The van der Waals surface area contributed by atoms with Crippen molar-refractivity contribution >= 4 is 32.6 Å². The summed E-state index contributed by atoms with van der Waals surface area (Å²) >= 11 is 1.49. The minimum Gasteiger partial charge on any atom is -0.379 e. The van der Waals surface area contributed by atoms with Gasteiger partial charge in [0.25, 0.3) is 10.0 Å². The molecule has 3 N–H and O–H groups in total. The van der Waals surface area contributed by atoms with Crippen LogP contribution in [0.4, 0.5) is 5.69 Å². The van der Waals surface area contributed by atoms with Crippen molar-refractivity contribution < 1.29 is 13.2 Å². The second-order valence-corrected chi connectivity index (χ2v) is 11.2. The highest BCUT2D eigenvalue weighted by atomic mass is 32.2. The van der Waals surface area contributed by atoms with Crippen molar-refractivity contribution in [2.24, 2.45) is 10.7 Å². The largest absolute Gasteiger partial charge is 0.379 e. The van der Waals surface area contributed by atoms with E-state index in [1.165, 1.54) is 11.8 Å². The molecule has 8 heteroatoms. The molecule has 2 aliphatic heterocycles. The second kappa shape index (κ2) is 7.04. The van der Waals surface area contributed by atoms with Crippen LogP contribution < -0.4 is 10.5 Å². The molecule has 2 aromatic rings. The SMILES string of the molecule is CC(C)(C)c1ccc(S(=O)(=O)Nc2ccc3c(c2)C2(COC3)CSC(N)=N2)cc1. The third-order valence-corrected chi connectivity index (χ3v) is 7.68. The van der Waals surface area contributed by atoms with Gasteiger partial charge in [0, 0.05) is 11.4 Å². The number of amidine groups is 1. The Morgan fingerprint density at radius 2 is 1.90 bits per heavy atom. The molecular weight excluding hydrogens is 406 g/mol. The summed E-state index contributed by atoms with van der Waals surface area (Å²) < 4.78 is 34.2. The monoisotopic (exact) mass is 431 g/mol. The van der Waals surface area contributed by atoms with Gasteiger partial charge in [-0.15, -0.1) is 0 Å². The minimum absolute atomic E-state index is 0.0355. The minimum atomic E-state index is -3.69. The van der Waals surface area contributed by atoms with Crippen LogP contribution in [0.3, 0.4) is 0 Å². The van der Waals surface area contributed by atoms with Gasteiger partial charge in [-0.05, 0) is 46.4 Å². The first-order chi connectivity index (χ1) is 13.6. The van der Waals surface area contributed by atoms with Crippen molar-refractivity contribution in [1.29, 1.82) is 0 Å². The number of nitrogens with one attached hydrogen (secondary N) is 1. The zero-order valence-corrected chi connectivity index (χ0v) is 18.4. The van der Waals surface area contributed by atoms with Gasteiger partial charge >= 0.3 is 0 Å². The van der Waals surface area contributed by atoms with Crippen LogP contribution >= 0.6 is 11.8 Å². The van der Waals surface area contributed by atoms with E-state index in [9.17, 15) is 8.42 Å². The molecule has 0 saturated heterocycles. The van der Waals surface area contributed by atoms with Gasteiger partial charge < -0.3 is 10.5 Å². The maximum atomic E-state index is 12.9. The molecule has 2 aliphatic rings. The van der Waals surface area contributed by atoms with Crippen LogP contribution in [0.5, 0.6) is 0 Å². The molecule has 0 aliphatic carbocycles. The van der Waals surface area contributed by atoms with Gasteiger partial charge in [0.05, 0.1) is 18.1 Å². The number of sulfonamides is 1. The number of benzene rings is 2. The summed E-state index contributed by atoms with van der Waals surface area (Å²) in [6, 6.07) is 12.5. The molecule has 154 valence electrons. The average molecular weight is 432 g/mol. The zero-order valence-electron chi connectivity index (χ0n) is 16.7. The van der Waals surface area contributed by atoms with E-state index in [1.807, 2.05) is 24.3 Å². The van der Waals surface area contributed by atoms with Gasteiger partial charge in [0.1, 0.15) is 5.54 Å². The molecule has 0 radical (unpaired) electrons. The Morgan fingerprint density at radius 1 is 1.17 bits per heavy atom. The highest BCUT2D eigenvalue weighted by molar-refractivity contribution is 8.14. The van der Waals surface area contributed by atoms with Crippen molar-refractivity contribution in [1.82, 2.24) is 0 Å². The van der Waals surface area contributed by atoms with Crippen LogP contribution in [-0.4, -0.2) is 25.9 Å². The highest BCUT2D eigenvalue weighted by Crippen LogP contribution is 2.42. The standard InChI is InChI=1S/C21H25N3O3S2/c1-20(2,3)15-5-8-17(9-6-15)29(25,26)24-16-7-4-14-11-27-12-21(18(14)10-16)13-28-19(22)23-21/h4-10,24H,11-13H2,1-3H3,(H2,22,23). The van der Waals surface area contributed by atoms with Crippen molar-refractivity contribution in [2.45, 2.75) is 43.2 Å². The summed E-state index contributed by atoms with van der Waals surface area (Å²) in [6.45, 7) is 7.21. The molecule has 2 aromatic carbocycles. The number of nitrogens with two attached hydrogens (primary N) is 1. The van der Waals surface area contributed by atoms with E-state index in [-0.39, 0.29) is 10.3 Å². The van der Waals surface area contributed by atoms with Crippen LogP contribution in [0.25, 0.3) is 0 Å². The molecule has 1 unspecified atom stereocenters. The lowest BCUT2D eigenvalue weighted by Gasteiger charge is -2.32. The van der Waals surface area contributed by atoms with Gasteiger partial charge in [0.2, 0.25) is 0 Å². The number of hydrogen-bond donors (Lipinski definition) is 2. The summed E-state index contributed by atoms with van der Waals surface area (Å²) in [4.78, 5) is 4.84. The Balaban J connectivity index is 1.64.